The molecule has 2 heterocycles. The van der Waals surface area contributed by atoms with E-state index in [1.165, 1.54) is 11.1 Å². The zero-order valence-corrected chi connectivity index (χ0v) is 16.7. The first-order chi connectivity index (χ1) is 11.1. The Balaban J connectivity index is 0.00000169. The first-order valence-electron chi connectivity index (χ1n) is 7.40. The zero-order chi connectivity index (χ0) is 16.0. The van der Waals surface area contributed by atoms with Crippen LogP contribution < -0.4 is 0 Å². The van der Waals surface area contributed by atoms with E-state index in [2.05, 4.69) is 53.3 Å². The van der Waals surface area contributed by atoms with Crippen molar-refractivity contribution in [2.45, 2.75) is 20.8 Å². The van der Waals surface area contributed by atoms with Crippen molar-refractivity contribution in [2.75, 3.05) is 0 Å². The smallest absolute Gasteiger partial charge is 0.114 e. The van der Waals surface area contributed by atoms with Gasteiger partial charge in [0.15, 0.2) is 0 Å². The summed E-state index contributed by atoms with van der Waals surface area (Å²) in [5.74, 6) is 0.776. The predicted molar refractivity (Wildman–Crippen MR) is 93.0 cm³/mol. The summed E-state index contributed by atoms with van der Waals surface area (Å²) in [5, 5.41) is 9.53. The number of thiazole rings is 1. The van der Waals surface area contributed by atoms with Crippen LogP contribution in [0.2, 0.25) is 0 Å². The van der Waals surface area contributed by atoms with Crippen molar-refractivity contribution >= 4 is 21.6 Å². The van der Waals surface area contributed by atoms with Crippen LogP contribution in [0.1, 0.15) is 16.1 Å². The Morgan fingerprint density at radius 1 is 1.08 bits per heavy atom. The summed E-state index contributed by atoms with van der Waals surface area (Å²) in [6.45, 7) is 6.22. The normalized spacial score (nSPS) is 10.8. The molecular formula is C18H15IrN4S-. The molecule has 6 heteroatoms. The molecule has 4 rings (SSSR count). The Labute approximate surface area is 157 Å². The van der Waals surface area contributed by atoms with E-state index >= 15 is 0 Å². The van der Waals surface area contributed by atoms with Crippen LogP contribution >= 0.6 is 11.3 Å². The Morgan fingerprint density at radius 2 is 1.83 bits per heavy atom. The van der Waals surface area contributed by atoms with E-state index in [9.17, 15) is 0 Å². The van der Waals surface area contributed by atoms with E-state index in [0.29, 0.717) is 0 Å². The number of hydrogen-bond acceptors (Lipinski definition) is 4. The molecule has 0 aliphatic carbocycles. The van der Waals surface area contributed by atoms with Gasteiger partial charge in [0.1, 0.15) is 6.33 Å². The van der Waals surface area contributed by atoms with Gasteiger partial charge < -0.3 is 4.57 Å². The van der Waals surface area contributed by atoms with E-state index in [4.69, 9.17) is 0 Å². The van der Waals surface area contributed by atoms with Crippen molar-refractivity contribution in [3.8, 4) is 17.1 Å². The fourth-order valence-corrected chi connectivity index (χ4v) is 3.76. The summed E-state index contributed by atoms with van der Waals surface area (Å²) in [4.78, 5) is 4.65. The Morgan fingerprint density at radius 3 is 2.58 bits per heavy atom. The number of aromatic nitrogens is 4. The maximum absolute atomic E-state index is 4.65. The molecule has 0 amide bonds. The molecule has 123 valence electrons. The minimum atomic E-state index is 0. The van der Waals surface area contributed by atoms with Crippen LogP contribution in [0.5, 0.6) is 0 Å². The second-order valence-electron chi connectivity index (χ2n) is 5.56. The molecule has 0 saturated carbocycles. The van der Waals surface area contributed by atoms with E-state index < -0.39 is 0 Å². The van der Waals surface area contributed by atoms with Gasteiger partial charge in [-0.2, -0.15) is 5.10 Å². The number of hydrogen-bond donors (Lipinski definition) is 0. The van der Waals surface area contributed by atoms with Crippen LogP contribution in [0, 0.1) is 26.8 Å². The van der Waals surface area contributed by atoms with Gasteiger partial charge in [-0.3, -0.25) is 4.98 Å². The largest absolute Gasteiger partial charge is 0.322 e. The van der Waals surface area contributed by atoms with E-state index in [-0.39, 0.29) is 20.1 Å². The molecule has 0 aliphatic heterocycles. The van der Waals surface area contributed by atoms with E-state index in [1.54, 1.807) is 17.7 Å². The molecule has 0 saturated heterocycles. The number of fused-ring (bicyclic) bond motifs is 1. The number of nitrogens with zero attached hydrogens (tertiary/aromatic N) is 4. The van der Waals surface area contributed by atoms with Crippen LogP contribution in [-0.2, 0) is 20.1 Å². The van der Waals surface area contributed by atoms with Gasteiger partial charge in [0, 0.05) is 31.3 Å². The van der Waals surface area contributed by atoms with Gasteiger partial charge >= 0.3 is 0 Å². The minimum Gasteiger partial charge on any atom is -0.322 e. The SMILES string of the molecule is Cc1nc2c(-c3nncn3-c3c(C)cccc3C)[c-]ccc2s1.[Ir]. The number of aryl methyl sites for hydroxylation is 3. The van der Waals surface area contributed by atoms with Gasteiger partial charge in [-0.15, -0.1) is 34.6 Å². The third kappa shape index (κ3) is 2.71. The summed E-state index contributed by atoms with van der Waals surface area (Å²) in [6.07, 6.45) is 1.76. The van der Waals surface area contributed by atoms with Crippen LogP contribution in [0.25, 0.3) is 27.3 Å². The van der Waals surface area contributed by atoms with Crippen molar-refractivity contribution in [1.29, 1.82) is 0 Å². The molecule has 2 aromatic carbocycles. The number of rotatable bonds is 2. The zero-order valence-electron chi connectivity index (χ0n) is 13.5. The van der Waals surface area contributed by atoms with Gasteiger partial charge in [0.05, 0.1) is 10.8 Å². The third-order valence-corrected chi connectivity index (χ3v) is 4.85. The number of benzene rings is 2. The third-order valence-electron chi connectivity index (χ3n) is 3.91. The quantitative estimate of drug-likeness (QED) is 0.378. The molecule has 0 aliphatic rings. The Bertz CT molecular complexity index is 999. The minimum absolute atomic E-state index is 0. The molecule has 4 nitrogen and oxygen atoms in total. The average molecular weight is 512 g/mol. The number of para-hydroxylation sites is 1. The fourth-order valence-electron chi connectivity index (χ4n) is 2.93. The molecule has 0 spiro atoms. The summed E-state index contributed by atoms with van der Waals surface area (Å²) in [7, 11) is 0. The van der Waals surface area contributed by atoms with E-state index in [1.807, 2.05) is 23.6 Å². The summed E-state index contributed by atoms with van der Waals surface area (Å²) < 4.78 is 3.18. The molecule has 0 atom stereocenters. The van der Waals surface area contributed by atoms with Crippen LogP contribution in [0.15, 0.2) is 36.7 Å². The maximum atomic E-state index is 4.65. The first-order valence-corrected chi connectivity index (χ1v) is 8.21. The second-order valence-corrected chi connectivity index (χ2v) is 6.80. The molecule has 0 unspecified atom stereocenters. The molecule has 0 bridgehead atoms. The van der Waals surface area contributed by atoms with Gasteiger partial charge in [-0.25, -0.2) is 0 Å². The molecule has 1 radical (unpaired) electrons. The second kappa shape index (κ2) is 6.55. The molecule has 4 aromatic rings. The van der Waals surface area contributed by atoms with Crippen molar-refractivity contribution in [3.63, 3.8) is 0 Å². The fraction of sp³-hybridized carbons (Fsp3) is 0.167. The predicted octanol–water partition coefficient (Wildman–Crippen LogP) is 4.27. The molecule has 0 fully saturated rings. The Hall–Kier alpha value is -1.88. The summed E-state index contributed by atoms with van der Waals surface area (Å²) >= 11 is 1.68. The van der Waals surface area contributed by atoms with Crippen molar-refractivity contribution in [3.05, 3.63) is 58.9 Å². The molecule has 24 heavy (non-hydrogen) atoms. The first kappa shape index (κ1) is 17.0. The molecule has 2 aromatic heterocycles. The van der Waals surface area contributed by atoms with Gasteiger partial charge in [-0.05, 0) is 36.6 Å². The Kier molecular flexibility index (Phi) is 4.63. The van der Waals surface area contributed by atoms with Crippen molar-refractivity contribution in [1.82, 2.24) is 19.7 Å². The topological polar surface area (TPSA) is 43.6 Å². The van der Waals surface area contributed by atoms with Crippen molar-refractivity contribution in [2.24, 2.45) is 0 Å². The maximum Gasteiger partial charge on any atom is 0.114 e. The average Bonchev–Trinajstić information content (AvgIpc) is 3.12. The van der Waals surface area contributed by atoms with Gasteiger partial charge in [0.25, 0.3) is 0 Å². The molecule has 0 N–H and O–H groups in total. The standard InChI is InChI=1S/C18H15N4S.Ir/c1-11-6-4-7-12(2)17(11)22-10-19-21-18(22)14-8-5-9-15-16(14)20-13(3)23-15;/h4-7,9-10H,1-3H3;/q-1;. The van der Waals surface area contributed by atoms with Crippen LogP contribution in [0.4, 0.5) is 0 Å². The molecular weight excluding hydrogens is 497 g/mol. The van der Waals surface area contributed by atoms with Gasteiger partial charge in [-0.1, -0.05) is 23.8 Å². The monoisotopic (exact) mass is 512 g/mol. The van der Waals surface area contributed by atoms with Crippen LogP contribution in [0.3, 0.4) is 0 Å². The van der Waals surface area contributed by atoms with Crippen molar-refractivity contribution < 1.29 is 20.1 Å². The van der Waals surface area contributed by atoms with Gasteiger partial charge in [0.2, 0.25) is 0 Å². The summed E-state index contributed by atoms with van der Waals surface area (Å²) in [6, 6.07) is 13.5. The van der Waals surface area contributed by atoms with E-state index in [0.717, 1.165) is 32.3 Å². The summed E-state index contributed by atoms with van der Waals surface area (Å²) in [5.41, 5.74) is 5.33. The van der Waals surface area contributed by atoms with Crippen LogP contribution in [-0.4, -0.2) is 19.7 Å².